The lowest BCUT2D eigenvalue weighted by Gasteiger charge is -2.17. The van der Waals surface area contributed by atoms with Crippen molar-refractivity contribution in [1.29, 1.82) is 5.41 Å². The van der Waals surface area contributed by atoms with Crippen LogP contribution in [-0.4, -0.2) is 29.3 Å². The monoisotopic (exact) mass is 252 g/mol. The van der Waals surface area contributed by atoms with Gasteiger partial charge in [0, 0.05) is 18.7 Å². The van der Waals surface area contributed by atoms with Gasteiger partial charge in [-0.25, -0.2) is 4.39 Å². The normalized spacial score (nSPS) is 14.2. The molecule has 0 amide bonds. The van der Waals surface area contributed by atoms with E-state index in [9.17, 15) is 4.39 Å². The lowest BCUT2D eigenvalue weighted by molar-refractivity contribution is 0.417. The lowest BCUT2D eigenvalue weighted by atomic mass is 10.1. The summed E-state index contributed by atoms with van der Waals surface area (Å²) in [6.07, 6.45) is 4.38. The Balaban J connectivity index is 1.95. The Morgan fingerprint density at radius 2 is 2.24 bits per heavy atom. The third kappa shape index (κ3) is 2.80. The molecule has 0 spiro atoms. The molecule has 0 atom stereocenters. The highest BCUT2D eigenvalue weighted by Gasteiger charge is 2.23. The molecule has 0 radical (unpaired) electrons. The Morgan fingerprint density at radius 3 is 3.00 bits per heavy atom. The van der Waals surface area contributed by atoms with Crippen molar-refractivity contribution in [3.63, 3.8) is 0 Å². The van der Waals surface area contributed by atoms with Crippen LogP contribution in [0.25, 0.3) is 0 Å². The summed E-state index contributed by atoms with van der Waals surface area (Å²) in [6, 6.07) is 4.74. The summed E-state index contributed by atoms with van der Waals surface area (Å²) in [5, 5.41) is 8.02. The van der Waals surface area contributed by atoms with Crippen molar-refractivity contribution in [3.8, 4) is 0 Å². The van der Waals surface area contributed by atoms with E-state index < -0.39 is 0 Å². The zero-order valence-electron chi connectivity index (χ0n) is 10.0. The molecule has 1 aliphatic heterocycles. The molecule has 0 aliphatic carbocycles. The Labute approximate surface area is 106 Å². The van der Waals surface area contributed by atoms with Gasteiger partial charge in [-0.1, -0.05) is 6.07 Å². The Morgan fingerprint density at radius 1 is 1.41 bits per heavy atom. The van der Waals surface area contributed by atoms with Gasteiger partial charge < -0.3 is 4.90 Å². The molecule has 0 fully saturated rings. The summed E-state index contributed by atoms with van der Waals surface area (Å²) in [5.74, 6) is 1.39. The van der Waals surface area contributed by atoms with Crippen molar-refractivity contribution < 1.29 is 4.39 Å². The Kier molecular flexibility index (Phi) is 4.05. The molecule has 1 heterocycles. The summed E-state index contributed by atoms with van der Waals surface area (Å²) < 4.78 is 13.1. The number of halogens is 1. The number of thioether (sulfide) groups is 1. The number of benzene rings is 1. The first kappa shape index (κ1) is 12.4. The summed E-state index contributed by atoms with van der Waals surface area (Å²) in [6.45, 7) is 1.66. The number of rotatable bonds is 5. The third-order valence-electron chi connectivity index (χ3n) is 3.03. The van der Waals surface area contributed by atoms with Gasteiger partial charge in [0.1, 0.15) is 11.7 Å². The fourth-order valence-electron chi connectivity index (χ4n) is 2.10. The van der Waals surface area contributed by atoms with E-state index in [1.54, 1.807) is 6.07 Å². The Bertz CT molecular complexity index is 420. The molecule has 1 aromatic rings. The molecule has 17 heavy (non-hydrogen) atoms. The predicted octanol–water partition coefficient (Wildman–Crippen LogP) is 3.11. The molecular weight excluding hydrogens is 235 g/mol. The molecule has 0 saturated heterocycles. The standard InChI is InChI=1S/C13H17FN2S/c1-17-7-3-2-6-16-9-10-4-5-11(14)8-12(10)13(16)15/h4-5,8,15H,2-3,6-7,9H2,1H3. The molecule has 2 rings (SSSR count). The van der Waals surface area contributed by atoms with E-state index in [0.717, 1.165) is 30.6 Å². The summed E-state index contributed by atoms with van der Waals surface area (Å²) >= 11 is 1.85. The third-order valence-corrected chi connectivity index (χ3v) is 3.73. The molecule has 0 saturated carbocycles. The van der Waals surface area contributed by atoms with Crippen LogP contribution in [0.4, 0.5) is 4.39 Å². The van der Waals surface area contributed by atoms with E-state index >= 15 is 0 Å². The van der Waals surface area contributed by atoms with E-state index in [1.165, 1.54) is 24.3 Å². The molecule has 4 heteroatoms. The maximum atomic E-state index is 13.1. The topological polar surface area (TPSA) is 27.1 Å². The van der Waals surface area contributed by atoms with Crippen molar-refractivity contribution in [2.24, 2.45) is 0 Å². The molecule has 1 aliphatic rings. The van der Waals surface area contributed by atoms with Crippen LogP contribution in [0.5, 0.6) is 0 Å². The number of unbranched alkanes of at least 4 members (excludes halogenated alkanes) is 1. The van der Waals surface area contributed by atoms with Crippen LogP contribution >= 0.6 is 11.8 Å². The minimum absolute atomic E-state index is 0.252. The van der Waals surface area contributed by atoms with Crippen LogP contribution in [0, 0.1) is 11.2 Å². The fourth-order valence-corrected chi connectivity index (χ4v) is 2.59. The largest absolute Gasteiger partial charge is 0.352 e. The lowest BCUT2D eigenvalue weighted by Crippen LogP contribution is -2.25. The maximum Gasteiger partial charge on any atom is 0.128 e. The zero-order valence-corrected chi connectivity index (χ0v) is 10.8. The maximum absolute atomic E-state index is 13.1. The van der Waals surface area contributed by atoms with Crippen LogP contribution in [0.3, 0.4) is 0 Å². The van der Waals surface area contributed by atoms with E-state index in [2.05, 4.69) is 6.26 Å². The van der Waals surface area contributed by atoms with Gasteiger partial charge in [0.25, 0.3) is 0 Å². The first-order chi connectivity index (χ1) is 8.22. The van der Waals surface area contributed by atoms with Gasteiger partial charge in [0.15, 0.2) is 0 Å². The highest BCUT2D eigenvalue weighted by atomic mass is 32.2. The summed E-state index contributed by atoms with van der Waals surface area (Å²) in [4.78, 5) is 2.03. The summed E-state index contributed by atoms with van der Waals surface area (Å²) in [7, 11) is 0. The minimum Gasteiger partial charge on any atom is -0.352 e. The number of hydrogen-bond donors (Lipinski definition) is 1. The highest BCUT2D eigenvalue weighted by Crippen LogP contribution is 2.23. The molecule has 2 nitrogen and oxygen atoms in total. The van der Waals surface area contributed by atoms with Crippen LogP contribution in [0.2, 0.25) is 0 Å². The first-order valence-corrected chi connectivity index (χ1v) is 7.23. The second kappa shape index (κ2) is 5.54. The van der Waals surface area contributed by atoms with Crippen LogP contribution in [0.1, 0.15) is 24.0 Å². The molecule has 0 bridgehead atoms. The molecule has 92 valence electrons. The smallest absolute Gasteiger partial charge is 0.128 e. The SMILES string of the molecule is CSCCCCN1Cc2ccc(F)cc2C1=N. The molecule has 0 unspecified atom stereocenters. The van der Waals surface area contributed by atoms with Gasteiger partial charge in [-0.05, 0) is 42.5 Å². The zero-order chi connectivity index (χ0) is 12.3. The molecule has 1 aromatic carbocycles. The van der Waals surface area contributed by atoms with Gasteiger partial charge in [-0.2, -0.15) is 11.8 Å². The molecular formula is C13H17FN2S. The van der Waals surface area contributed by atoms with Crippen molar-refractivity contribution >= 4 is 17.6 Å². The highest BCUT2D eigenvalue weighted by molar-refractivity contribution is 7.98. The van der Waals surface area contributed by atoms with Gasteiger partial charge in [0.05, 0.1) is 0 Å². The van der Waals surface area contributed by atoms with Crippen LogP contribution in [-0.2, 0) is 6.54 Å². The van der Waals surface area contributed by atoms with Gasteiger partial charge in [-0.15, -0.1) is 0 Å². The van der Waals surface area contributed by atoms with E-state index in [4.69, 9.17) is 5.41 Å². The van der Waals surface area contributed by atoms with Crippen molar-refractivity contribution in [2.45, 2.75) is 19.4 Å². The fraction of sp³-hybridized carbons (Fsp3) is 0.462. The minimum atomic E-state index is -0.252. The quantitative estimate of drug-likeness (QED) is 0.815. The first-order valence-electron chi connectivity index (χ1n) is 5.83. The average molecular weight is 252 g/mol. The van der Waals surface area contributed by atoms with Crippen molar-refractivity contribution in [3.05, 3.63) is 35.1 Å². The summed E-state index contributed by atoms with van der Waals surface area (Å²) in [5.41, 5.74) is 1.83. The Hall–Kier alpha value is -1.03. The van der Waals surface area contributed by atoms with Crippen LogP contribution < -0.4 is 0 Å². The number of nitrogens with one attached hydrogen (secondary N) is 1. The second-order valence-corrected chi connectivity index (χ2v) is 5.26. The molecule has 0 aromatic heterocycles. The van der Waals surface area contributed by atoms with Gasteiger partial charge in [-0.3, -0.25) is 5.41 Å². The predicted molar refractivity (Wildman–Crippen MR) is 71.3 cm³/mol. The van der Waals surface area contributed by atoms with E-state index in [-0.39, 0.29) is 5.82 Å². The van der Waals surface area contributed by atoms with Gasteiger partial charge in [0.2, 0.25) is 0 Å². The second-order valence-electron chi connectivity index (χ2n) is 4.27. The van der Waals surface area contributed by atoms with Crippen LogP contribution in [0.15, 0.2) is 18.2 Å². The van der Waals surface area contributed by atoms with E-state index in [1.807, 2.05) is 16.7 Å². The van der Waals surface area contributed by atoms with Gasteiger partial charge >= 0.3 is 0 Å². The van der Waals surface area contributed by atoms with Crippen molar-refractivity contribution in [1.82, 2.24) is 4.90 Å². The number of amidine groups is 1. The molecule has 1 N–H and O–H groups in total. The number of nitrogens with zero attached hydrogens (tertiary/aromatic N) is 1. The average Bonchev–Trinajstić information content (AvgIpc) is 2.62. The number of fused-ring (bicyclic) bond motifs is 1. The van der Waals surface area contributed by atoms with Crippen molar-refractivity contribution in [2.75, 3.05) is 18.6 Å². The number of hydrogen-bond acceptors (Lipinski definition) is 2. The van der Waals surface area contributed by atoms with E-state index in [0.29, 0.717) is 5.84 Å².